The molecule has 0 radical (unpaired) electrons. The number of hydrogen-bond donors (Lipinski definition) is 2. The molecule has 0 amide bonds. The van der Waals surface area contributed by atoms with Crippen LogP contribution in [0.3, 0.4) is 0 Å². The average Bonchev–Trinajstić information content (AvgIpc) is 2.52. The number of nitrogens with two attached hydrogens (primary N) is 1. The predicted molar refractivity (Wildman–Crippen MR) is 47.6 cm³/mol. The molecule has 1 rings (SSSR count). The van der Waals surface area contributed by atoms with Crippen molar-refractivity contribution >= 4 is 11.3 Å². The molecular formula is C7H13N3S. The highest BCUT2D eigenvalue weighted by Gasteiger charge is 2.04. The summed E-state index contributed by atoms with van der Waals surface area (Å²) >= 11 is 1.67. The van der Waals surface area contributed by atoms with Crippen LogP contribution in [0.5, 0.6) is 0 Å². The van der Waals surface area contributed by atoms with Gasteiger partial charge in [-0.15, -0.1) is 11.3 Å². The molecule has 0 aliphatic heterocycles. The normalized spacial score (nSPS) is 13.3. The van der Waals surface area contributed by atoms with Gasteiger partial charge >= 0.3 is 0 Å². The molecule has 0 aliphatic rings. The van der Waals surface area contributed by atoms with E-state index in [4.69, 9.17) is 5.73 Å². The van der Waals surface area contributed by atoms with Gasteiger partial charge in [0.1, 0.15) is 5.01 Å². The monoisotopic (exact) mass is 171 g/mol. The van der Waals surface area contributed by atoms with E-state index in [9.17, 15) is 0 Å². The van der Waals surface area contributed by atoms with Gasteiger partial charge in [-0.05, 0) is 6.92 Å². The van der Waals surface area contributed by atoms with Gasteiger partial charge in [0.25, 0.3) is 0 Å². The molecule has 3 nitrogen and oxygen atoms in total. The van der Waals surface area contributed by atoms with Gasteiger partial charge in [-0.2, -0.15) is 0 Å². The van der Waals surface area contributed by atoms with E-state index in [1.54, 1.807) is 11.3 Å². The van der Waals surface area contributed by atoms with Crippen LogP contribution in [0.4, 0.5) is 0 Å². The van der Waals surface area contributed by atoms with Gasteiger partial charge in [0, 0.05) is 24.7 Å². The number of aromatic nitrogens is 1. The maximum Gasteiger partial charge on any atom is 0.109 e. The van der Waals surface area contributed by atoms with Crippen molar-refractivity contribution in [1.29, 1.82) is 0 Å². The second-order valence-corrected chi connectivity index (χ2v) is 3.26. The molecule has 3 N–H and O–H groups in total. The molecule has 0 saturated heterocycles. The number of nitrogens with zero attached hydrogens (tertiary/aromatic N) is 1. The standard InChI is InChI=1S/C7H13N3S/c1-6(9-3-2-8)7-10-4-5-11-7/h4-6,9H,2-3,8H2,1H3. The number of thiazole rings is 1. The lowest BCUT2D eigenvalue weighted by Gasteiger charge is -2.08. The van der Waals surface area contributed by atoms with Gasteiger partial charge in [0.2, 0.25) is 0 Å². The lowest BCUT2D eigenvalue weighted by atomic mass is 10.3. The van der Waals surface area contributed by atoms with Crippen LogP contribution in [0.1, 0.15) is 18.0 Å². The summed E-state index contributed by atoms with van der Waals surface area (Å²) < 4.78 is 0. The lowest BCUT2D eigenvalue weighted by Crippen LogP contribution is -2.25. The van der Waals surface area contributed by atoms with E-state index >= 15 is 0 Å². The highest BCUT2D eigenvalue weighted by Crippen LogP contribution is 2.13. The summed E-state index contributed by atoms with van der Waals surface area (Å²) in [5.74, 6) is 0. The summed E-state index contributed by atoms with van der Waals surface area (Å²) in [4.78, 5) is 4.18. The summed E-state index contributed by atoms with van der Waals surface area (Å²) in [5, 5.41) is 6.36. The van der Waals surface area contributed by atoms with E-state index in [0.717, 1.165) is 11.6 Å². The van der Waals surface area contributed by atoms with Gasteiger partial charge < -0.3 is 11.1 Å². The van der Waals surface area contributed by atoms with Crippen LogP contribution in [0.15, 0.2) is 11.6 Å². The van der Waals surface area contributed by atoms with Crippen molar-refractivity contribution in [1.82, 2.24) is 10.3 Å². The molecule has 62 valence electrons. The fourth-order valence-corrected chi connectivity index (χ4v) is 1.51. The first-order valence-corrected chi connectivity index (χ1v) is 4.55. The first kappa shape index (κ1) is 8.64. The Morgan fingerprint density at radius 1 is 1.82 bits per heavy atom. The van der Waals surface area contributed by atoms with Gasteiger partial charge in [0.15, 0.2) is 0 Å². The minimum atomic E-state index is 0.332. The molecule has 0 saturated carbocycles. The van der Waals surface area contributed by atoms with Crippen LogP contribution in [0, 0.1) is 0 Å². The van der Waals surface area contributed by atoms with Crippen molar-refractivity contribution < 1.29 is 0 Å². The Labute approximate surface area is 70.6 Å². The highest BCUT2D eigenvalue weighted by molar-refractivity contribution is 7.09. The predicted octanol–water partition coefficient (Wildman–Crippen LogP) is 0.752. The Morgan fingerprint density at radius 2 is 2.64 bits per heavy atom. The minimum Gasteiger partial charge on any atom is -0.329 e. The third kappa shape index (κ3) is 2.57. The first-order chi connectivity index (χ1) is 5.34. The van der Waals surface area contributed by atoms with Crippen molar-refractivity contribution in [2.24, 2.45) is 5.73 Å². The molecule has 4 heteroatoms. The van der Waals surface area contributed by atoms with E-state index in [1.807, 2.05) is 11.6 Å². The summed E-state index contributed by atoms with van der Waals surface area (Å²) in [6.45, 7) is 3.62. The molecule has 0 fully saturated rings. The van der Waals surface area contributed by atoms with E-state index in [2.05, 4.69) is 17.2 Å². The summed E-state index contributed by atoms with van der Waals surface area (Å²) in [7, 11) is 0. The largest absolute Gasteiger partial charge is 0.329 e. The number of rotatable bonds is 4. The smallest absolute Gasteiger partial charge is 0.109 e. The Bertz CT molecular complexity index is 186. The summed E-state index contributed by atoms with van der Waals surface area (Å²) in [5.41, 5.74) is 5.35. The molecule has 1 aromatic rings. The molecule has 1 aromatic heterocycles. The van der Waals surface area contributed by atoms with E-state index in [0.29, 0.717) is 12.6 Å². The van der Waals surface area contributed by atoms with E-state index < -0.39 is 0 Å². The molecule has 0 bridgehead atoms. The van der Waals surface area contributed by atoms with Crippen LogP contribution < -0.4 is 11.1 Å². The van der Waals surface area contributed by atoms with Crippen LogP contribution in [-0.4, -0.2) is 18.1 Å². The number of nitrogens with one attached hydrogen (secondary N) is 1. The van der Waals surface area contributed by atoms with Gasteiger partial charge in [0.05, 0.1) is 6.04 Å². The Morgan fingerprint density at radius 3 is 3.18 bits per heavy atom. The van der Waals surface area contributed by atoms with Gasteiger partial charge in [-0.3, -0.25) is 0 Å². The molecule has 1 atom stereocenters. The number of hydrogen-bond acceptors (Lipinski definition) is 4. The average molecular weight is 171 g/mol. The zero-order chi connectivity index (χ0) is 8.10. The van der Waals surface area contributed by atoms with Crippen LogP contribution >= 0.6 is 11.3 Å². The van der Waals surface area contributed by atoms with Crippen molar-refractivity contribution in [3.63, 3.8) is 0 Å². The molecule has 1 heterocycles. The highest BCUT2D eigenvalue weighted by atomic mass is 32.1. The van der Waals surface area contributed by atoms with Crippen LogP contribution in [0.2, 0.25) is 0 Å². The van der Waals surface area contributed by atoms with Gasteiger partial charge in [-0.25, -0.2) is 4.98 Å². The Kier molecular flexibility index (Phi) is 3.48. The Hall–Kier alpha value is -0.450. The third-order valence-electron chi connectivity index (χ3n) is 1.42. The quantitative estimate of drug-likeness (QED) is 0.703. The third-order valence-corrected chi connectivity index (χ3v) is 2.37. The van der Waals surface area contributed by atoms with Crippen molar-refractivity contribution in [3.05, 3.63) is 16.6 Å². The van der Waals surface area contributed by atoms with Crippen molar-refractivity contribution in [2.45, 2.75) is 13.0 Å². The molecule has 0 aromatic carbocycles. The maximum atomic E-state index is 5.35. The van der Waals surface area contributed by atoms with Crippen LogP contribution in [0.25, 0.3) is 0 Å². The minimum absolute atomic E-state index is 0.332. The Balaban J connectivity index is 2.36. The molecular weight excluding hydrogens is 158 g/mol. The molecule has 0 aliphatic carbocycles. The zero-order valence-electron chi connectivity index (χ0n) is 6.58. The zero-order valence-corrected chi connectivity index (χ0v) is 7.40. The van der Waals surface area contributed by atoms with Crippen molar-refractivity contribution in [2.75, 3.05) is 13.1 Å². The summed E-state index contributed by atoms with van der Waals surface area (Å²) in [6.07, 6.45) is 1.82. The lowest BCUT2D eigenvalue weighted by molar-refractivity contribution is 0.579. The molecule has 0 spiro atoms. The first-order valence-electron chi connectivity index (χ1n) is 3.67. The van der Waals surface area contributed by atoms with Crippen LogP contribution in [-0.2, 0) is 0 Å². The van der Waals surface area contributed by atoms with Gasteiger partial charge in [-0.1, -0.05) is 0 Å². The maximum absolute atomic E-state index is 5.35. The molecule has 1 unspecified atom stereocenters. The second kappa shape index (κ2) is 4.43. The van der Waals surface area contributed by atoms with E-state index in [1.165, 1.54) is 0 Å². The molecule has 11 heavy (non-hydrogen) atoms. The SMILES string of the molecule is CC(NCCN)c1nccs1. The fraction of sp³-hybridized carbons (Fsp3) is 0.571. The topological polar surface area (TPSA) is 50.9 Å². The second-order valence-electron chi connectivity index (χ2n) is 2.33. The van der Waals surface area contributed by atoms with Crippen molar-refractivity contribution in [3.8, 4) is 0 Å². The summed E-state index contributed by atoms with van der Waals surface area (Å²) in [6, 6.07) is 0.332. The van der Waals surface area contributed by atoms with E-state index in [-0.39, 0.29) is 0 Å². The fourth-order valence-electron chi connectivity index (χ4n) is 0.835.